The van der Waals surface area contributed by atoms with Crippen molar-refractivity contribution in [3.8, 4) is 0 Å². The number of anilines is 1. The first-order valence-electron chi connectivity index (χ1n) is 7.19. The highest BCUT2D eigenvalue weighted by Gasteiger charge is 2.20. The van der Waals surface area contributed by atoms with Gasteiger partial charge >= 0.3 is 0 Å². The van der Waals surface area contributed by atoms with Crippen LogP contribution in [0.1, 0.15) is 49.5 Å². The Hall–Kier alpha value is -1.58. The van der Waals surface area contributed by atoms with Crippen molar-refractivity contribution < 1.29 is 4.79 Å². The lowest BCUT2D eigenvalue weighted by Gasteiger charge is -2.27. The Balaban J connectivity index is 1.78. The Kier molecular flexibility index (Phi) is 4.77. The van der Waals surface area contributed by atoms with Crippen LogP contribution in [-0.2, 0) is 0 Å². The molecule has 3 N–H and O–H groups in total. The van der Waals surface area contributed by atoms with Gasteiger partial charge in [-0.05, 0) is 36.8 Å². The maximum Gasteiger partial charge on any atom is 0.269 e. The lowest BCUT2D eigenvalue weighted by atomic mass is 9.81. The second-order valence-electron chi connectivity index (χ2n) is 5.45. The van der Waals surface area contributed by atoms with Gasteiger partial charge in [0.05, 0.1) is 0 Å². The number of carbonyl (C=O) groups is 1. The highest BCUT2D eigenvalue weighted by molar-refractivity contribution is 5.92. The molecular formula is C15H23N3O. The van der Waals surface area contributed by atoms with Crippen LogP contribution in [0.25, 0.3) is 0 Å². The van der Waals surface area contributed by atoms with Crippen LogP contribution in [0.5, 0.6) is 0 Å². The Labute approximate surface area is 114 Å². The van der Waals surface area contributed by atoms with Crippen molar-refractivity contribution in [3.63, 3.8) is 0 Å². The molecule has 1 aliphatic rings. The number of nitrogens with two attached hydrogens (primary N) is 1. The van der Waals surface area contributed by atoms with Crippen LogP contribution in [0, 0.1) is 11.8 Å². The topological polar surface area (TPSA) is 68.0 Å². The van der Waals surface area contributed by atoms with Gasteiger partial charge in [0, 0.05) is 6.54 Å². The molecule has 0 saturated heterocycles. The molecule has 1 aromatic heterocycles. The smallest absolute Gasteiger partial charge is 0.269 e. The molecule has 1 heterocycles. The van der Waals surface area contributed by atoms with Gasteiger partial charge in [-0.25, -0.2) is 4.98 Å². The Morgan fingerprint density at radius 1 is 1.32 bits per heavy atom. The third kappa shape index (κ3) is 3.94. The van der Waals surface area contributed by atoms with E-state index in [1.807, 2.05) is 0 Å². The minimum atomic E-state index is -0.120. The molecule has 0 aliphatic heterocycles. The molecule has 0 radical (unpaired) electrons. The number of nitrogens with zero attached hydrogens (tertiary/aromatic N) is 1. The van der Waals surface area contributed by atoms with Gasteiger partial charge < -0.3 is 11.1 Å². The van der Waals surface area contributed by atoms with Gasteiger partial charge in [0.25, 0.3) is 5.91 Å². The molecule has 0 atom stereocenters. The van der Waals surface area contributed by atoms with Crippen LogP contribution >= 0.6 is 0 Å². The number of amides is 1. The summed E-state index contributed by atoms with van der Waals surface area (Å²) in [6.07, 6.45) is 6.33. The van der Waals surface area contributed by atoms with Crippen LogP contribution in [0.2, 0.25) is 0 Å². The first-order valence-corrected chi connectivity index (χ1v) is 7.19. The van der Waals surface area contributed by atoms with Gasteiger partial charge in [0.2, 0.25) is 0 Å². The van der Waals surface area contributed by atoms with Crippen molar-refractivity contribution in [1.82, 2.24) is 10.3 Å². The van der Waals surface area contributed by atoms with Gasteiger partial charge in [0.15, 0.2) is 0 Å². The van der Waals surface area contributed by atoms with E-state index in [0.29, 0.717) is 17.4 Å². The molecule has 0 unspecified atom stereocenters. The molecule has 0 bridgehead atoms. The molecule has 4 heteroatoms. The van der Waals surface area contributed by atoms with E-state index in [0.717, 1.165) is 12.5 Å². The third-order valence-electron chi connectivity index (χ3n) is 4.10. The number of nitrogen functional groups attached to an aromatic ring is 1. The lowest BCUT2D eigenvalue weighted by Crippen LogP contribution is -2.31. The van der Waals surface area contributed by atoms with Crippen molar-refractivity contribution in [2.75, 3.05) is 12.3 Å². The molecule has 1 amide bonds. The average molecular weight is 261 g/mol. The molecule has 0 spiro atoms. The zero-order valence-electron chi connectivity index (χ0n) is 11.6. The summed E-state index contributed by atoms with van der Waals surface area (Å²) in [6.45, 7) is 3.02. The fourth-order valence-electron chi connectivity index (χ4n) is 2.75. The zero-order valence-corrected chi connectivity index (χ0v) is 11.6. The number of pyridine rings is 1. The van der Waals surface area contributed by atoms with Crippen molar-refractivity contribution >= 4 is 11.7 Å². The van der Waals surface area contributed by atoms with E-state index >= 15 is 0 Å². The van der Waals surface area contributed by atoms with Crippen molar-refractivity contribution in [2.45, 2.75) is 39.0 Å². The number of carbonyl (C=O) groups excluding carboxylic acids is 1. The Morgan fingerprint density at radius 2 is 2.00 bits per heavy atom. The summed E-state index contributed by atoms with van der Waals surface area (Å²) in [5.74, 6) is 1.77. The molecule has 104 valence electrons. The van der Waals surface area contributed by atoms with E-state index in [9.17, 15) is 4.79 Å². The quantitative estimate of drug-likeness (QED) is 0.875. The summed E-state index contributed by atoms with van der Waals surface area (Å²) >= 11 is 0. The molecule has 2 rings (SSSR count). The maximum atomic E-state index is 11.9. The number of nitrogens with one attached hydrogen (secondary N) is 1. The van der Waals surface area contributed by atoms with Gasteiger partial charge in [-0.3, -0.25) is 4.79 Å². The Bertz CT molecular complexity index is 425. The predicted octanol–water partition coefficient (Wildman–Crippen LogP) is 2.61. The van der Waals surface area contributed by atoms with Crippen molar-refractivity contribution in [1.29, 1.82) is 0 Å². The minimum Gasteiger partial charge on any atom is -0.384 e. The lowest BCUT2D eigenvalue weighted by molar-refractivity contribution is 0.0936. The molecule has 1 fully saturated rings. The third-order valence-corrected chi connectivity index (χ3v) is 4.10. The molecule has 1 aromatic rings. The van der Waals surface area contributed by atoms with E-state index in [2.05, 4.69) is 17.2 Å². The van der Waals surface area contributed by atoms with Crippen molar-refractivity contribution in [2.24, 2.45) is 11.8 Å². The van der Waals surface area contributed by atoms with E-state index < -0.39 is 0 Å². The highest BCUT2D eigenvalue weighted by atomic mass is 16.1. The number of hydrogen-bond acceptors (Lipinski definition) is 3. The molecule has 1 saturated carbocycles. The van der Waals surface area contributed by atoms with Crippen LogP contribution in [0.3, 0.4) is 0 Å². The average Bonchev–Trinajstić information content (AvgIpc) is 2.45. The Morgan fingerprint density at radius 3 is 2.63 bits per heavy atom. The number of aromatic nitrogens is 1. The molecule has 1 aliphatic carbocycles. The first kappa shape index (κ1) is 13.8. The fraction of sp³-hybridized carbons (Fsp3) is 0.600. The van der Waals surface area contributed by atoms with Gasteiger partial charge in [0.1, 0.15) is 11.5 Å². The normalized spacial score (nSPS) is 23.0. The van der Waals surface area contributed by atoms with Gasteiger partial charge in [-0.1, -0.05) is 32.3 Å². The summed E-state index contributed by atoms with van der Waals surface area (Å²) in [6, 6.07) is 5.13. The largest absolute Gasteiger partial charge is 0.384 e. The summed E-state index contributed by atoms with van der Waals surface area (Å²) in [5, 5.41) is 2.97. The van der Waals surface area contributed by atoms with E-state index in [1.165, 1.54) is 32.1 Å². The van der Waals surface area contributed by atoms with Crippen LogP contribution in [-0.4, -0.2) is 17.4 Å². The number of rotatable bonds is 4. The SMILES string of the molecule is CCC1CCC(CNC(=O)c2cccc(N)n2)CC1. The molecular weight excluding hydrogens is 238 g/mol. The summed E-state index contributed by atoms with van der Waals surface area (Å²) in [7, 11) is 0. The van der Waals surface area contributed by atoms with Crippen molar-refractivity contribution in [3.05, 3.63) is 23.9 Å². The number of hydrogen-bond donors (Lipinski definition) is 2. The van der Waals surface area contributed by atoms with Gasteiger partial charge in [-0.15, -0.1) is 0 Å². The second-order valence-corrected chi connectivity index (χ2v) is 5.45. The highest BCUT2D eigenvalue weighted by Crippen LogP contribution is 2.30. The predicted molar refractivity (Wildman–Crippen MR) is 76.7 cm³/mol. The van der Waals surface area contributed by atoms with E-state index in [-0.39, 0.29) is 5.91 Å². The van der Waals surface area contributed by atoms with Crippen LogP contribution < -0.4 is 11.1 Å². The van der Waals surface area contributed by atoms with Crippen LogP contribution in [0.15, 0.2) is 18.2 Å². The molecule has 4 nitrogen and oxygen atoms in total. The molecule has 0 aromatic carbocycles. The summed E-state index contributed by atoms with van der Waals surface area (Å²) in [5.41, 5.74) is 5.98. The summed E-state index contributed by atoms with van der Waals surface area (Å²) in [4.78, 5) is 16.0. The summed E-state index contributed by atoms with van der Waals surface area (Å²) < 4.78 is 0. The minimum absolute atomic E-state index is 0.120. The first-order chi connectivity index (χ1) is 9.19. The molecule has 19 heavy (non-hydrogen) atoms. The fourth-order valence-corrected chi connectivity index (χ4v) is 2.75. The van der Waals surface area contributed by atoms with Gasteiger partial charge in [-0.2, -0.15) is 0 Å². The standard InChI is InChI=1S/C15H23N3O/c1-2-11-6-8-12(9-7-11)10-17-15(19)13-4-3-5-14(16)18-13/h3-5,11-12H,2,6-10H2,1H3,(H2,16,18)(H,17,19). The maximum absolute atomic E-state index is 11.9. The van der Waals surface area contributed by atoms with E-state index in [4.69, 9.17) is 5.73 Å². The second kappa shape index (κ2) is 6.55. The monoisotopic (exact) mass is 261 g/mol. The zero-order chi connectivity index (χ0) is 13.7. The van der Waals surface area contributed by atoms with Crippen LogP contribution in [0.4, 0.5) is 5.82 Å². The van der Waals surface area contributed by atoms with E-state index in [1.54, 1.807) is 18.2 Å².